The molecule has 3 rings (SSSR count). The maximum absolute atomic E-state index is 11.6. The van der Waals surface area contributed by atoms with E-state index < -0.39 is 0 Å². The molecule has 1 heterocycles. The summed E-state index contributed by atoms with van der Waals surface area (Å²) in [5.41, 5.74) is 19.8. The molecule has 0 aliphatic carbocycles. The van der Waals surface area contributed by atoms with E-state index in [-0.39, 0.29) is 0 Å². The van der Waals surface area contributed by atoms with Crippen molar-refractivity contribution < 1.29 is 22.7 Å². The molecule has 3 heteroatoms. The Balaban J connectivity index is 0.000000636. The van der Waals surface area contributed by atoms with Gasteiger partial charge in [0.2, 0.25) is 11.4 Å². The van der Waals surface area contributed by atoms with Gasteiger partial charge in [-0.1, -0.05) is 129 Å². The minimum atomic E-state index is 0.923. The first-order chi connectivity index (χ1) is 26.1. The second-order valence-electron chi connectivity index (χ2n) is 15.6. The van der Waals surface area contributed by atoms with Crippen LogP contribution >= 0.6 is 0 Å². The van der Waals surface area contributed by atoms with Gasteiger partial charge >= 0.3 is 93.0 Å². The van der Waals surface area contributed by atoms with Crippen LogP contribution in [0.1, 0.15) is 217 Å². The number of nitrogens with zero attached hydrogens (tertiary/aromatic N) is 2. The molecule has 2 aromatic carbocycles. The summed E-state index contributed by atoms with van der Waals surface area (Å²) in [4.78, 5) is 3.06. The fourth-order valence-electron chi connectivity index (χ4n) is 7.23. The Labute approximate surface area is 338 Å². The monoisotopic (exact) mass is 817 g/mol. The molecule has 2 aromatic rings. The third kappa shape index (κ3) is 21.2. The summed E-state index contributed by atoms with van der Waals surface area (Å²) >= 11 is 1.07. The number of hydrogen-bond acceptors (Lipinski definition) is 0. The van der Waals surface area contributed by atoms with Gasteiger partial charge in [0.15, 0.2) is 0 Å². The number of aryl methyl sites for hydroxylation is 2. The van der Waals surface area contributed by atoms with Crippen LogP contribution in [0.15, 0.2) is 60.2 Å². The van der Waals surface area contributed by atoms with Gasteiger partial charge in [-0.15, -0.1) is 0 Å². The Morgan fingerprint density at radius 3 is 1.36 bits per heavy atom. The molecular formula is C50H82N2Pd. The minimum absolute atomic E-state index is 0.923. The number of benzene rings is 2. The van der Waals surface area contributed by atoms with E-state index in [1.54, 1.807) is 0 Å². The Hall–Kier alpha value is -1.82. The molecule has 2 nitrogen and oxygen atoms in total. The van der Waals surface area contributed by atoms with Crippen molar-refractivity contribution in [2.24, 2.45) is 0 Å². The summed E-state index contributed by atoms with van der Waals surface area (Å²) in [5, 5.41) is 0. The van der Waals surface area contributed by atoms with Crippen molar-refractivity contribution in [1.82, 2.24) is 0 Å². The quantitative estimate of drug-likeness (QED) is 0.0411. The van der Waals surface area contributed by atoms with Crippen LogP contribution in [0.4, 0.5) is 0 Å². The van der Waals surface area contributed by atoms with Crippen molar-refractivity contribution >= 4 is 11.4 Å². The van der Waals surface area contributed by atoms with E-state index in [0.29, 0.717) is 0 Å². The zero-order valence-electron chi connectivity index (χ0n) is 35.4. The van der Waals surface area contributed by atoms with E-state index in [0.717, 1.165) is 59.8 Å². The third-order valence-electron chi connectivity index (χ3n) is 10.6. The molecule has 0 radical (unpaired) electrons. The topological polar surface area (TPSA) is 25.3 Å². The molecular weight excluding hydrogens is 735 g/mol. The Morgan fingerprint density at radius 2 is 0.849 bits per heavy atom. The van der Waals surface area contributed by atoms with Crippen LogP contribution in [-0.2, 0) is 30.8 Å². The summed E-state index contributed by atoms with van der Waals surface area (Å²) in [6, 6.07) is 17.8. The van der Waals surface area contributed by atoms with Crippen molar-refractivity contribution in [2.45, 2.75) is 218 Å². The van der Waals surface area contributed by atoms with Crippen LogP contribution in [-0.4, -0.2) is 4.70 Å². The van der Waals surface area contributed by atoms with Crippen LogP contribution in [0.3, 0.4) is 0 Å². The van der Waals surface area contributed by atoms with Crippen molar-refractivity contribution in [1.29, 1.82) is 0 Å². The van der Waals surface area contributed by atoms with E-state index in [2.05, 4.69) is 89.2 Å². The van der Waals surface area contributed by atoms with Crippen LogP contribution in [0.25, 0.3) is 16.9 Å². The van der Waals surface area contributed by atoms with Crippen LogP contribution in [0, 0.1) is 0 Å². The molecule has 0 amide bonds. The standard InChI is InChI=1S/C38H56N2.2C6H13.Pd/c1-4-7-10-13-15-17-22-32-24-20-27-34(29-32)37-31-36(26-19-12-9-6-3)38(40(37)39)35-28-21-25-33(30-35)23-18-16-14-11-8-5-2;2*1-3-5-6-4-2;/h20-21,24-25,27-31H,4-19,22-23,26H2,1-3H3;2*1,3-6H2,2H3;. The molecule has 0 unspecified atom stereocenters. The maximum atomic E-state index is 11.6. The molecule has 1 aliphatic heterocycles. The first kappa shape index (κ1) is 47.3. The Bertz CT molecular complexity index is 1260. The number of unbranched alkanes of at least 4 members (excludes halogenated alkanes) is 19. The van der Waals surface area contributed by atoms with E-state index in [9.17, 15) is 5.53 Å². The van der Waals surface area contributed by atoms with Gasteiger partial charge in [-0.3, -0.25) is 0 Å². The summed E-state index contributed by atoms with van der Waals surface area (Å²) in [6.45, 7) is 11.4. The SMILES string of the molecule is CCCCCCCCc1cccc(C2=CC(CCCCCC)=C(c3cccc(CCCCCCCC)c3)[N+]2=[N-])c1.CCCCC[CH2][Pd][CH2]CCCCC. The van der Waals surface area contributed by atoms with Gasteiger partial charge in [0, 0.05) is 22.8 Å². The zero-order valence-corrected chi connectivity index (χ0v) is 37.0. The predicted octanol–water partition coefficient (Wildman–Crippen LogP) is 17.3. The molecule has 0 bridgehead atoms. The van der Waals surface area contributed by atoms with Crippen molar-refractivity contribution in [3.05, 3.63) is 88.0 Å². The normalized spacial score (nSPS) is 12.8. The average Bonchev–Trinajstić information content (AvgIpc) is 3.51. The number of rotatable bonds is 31. The Kier molecular flexibility index (Phi) is 29.0. The van der Waals surface area contributed by atoms with Crippen molar-refractivity contribution in [2.75, 3.05) is 0 Å². The molecule has 0 fully saturated rings. The molecule has 0 spiro atoms. The van der Waals surface area contributed by atoms with E-state index in [1.807, 2.05) is 0 Å². The van der Waals surface area contributed by atoms with E-state index in [4.69, 9.17) is 0 Å². The summed E-state index contributed by atoms with van der Waals surface area (Å²) < 4.78 is 1.49. The van der Waals surface area contributed by atoms with Crippen LogP contribution < -0.4 is 0 Å². The zero-order chi connectivity index (χ0) is 38.2. The summed E-state index contributed by atoms with van der Waals surface area (Å²) in [7, 11) is 0. The predicted molar refractivity (Wildman–Crippen MR) is 232 cm³/mol. The average molecular weight is 818 g/mol. The number of hydrogen-bond donors (Lipinski definition) is 0. The van der Waals surface area contributed by atoms with Crippen molar-refractivity contribution in [3.63, 3.8) is 0 Å². The third-order valence-corrected chi connectivity index (χ3v) is 12.8. The summed E-state index contributed by atoms with van der Waals surface area (Å²) in [5.74, 6) is 0. The van der Waals surface area contributed by atoms with Gasteiger partial charge in [-0.2, -0.15) is 0 Å². The molecule has 0 saturated carbocycles. The summed E-state index contributed by atoms with van der Waals surface area (Å²) in [6.07, 6.45) is 37.8. The molecule has 1 aliphatic rings. The number of allylic oxidation sites excluding steroid dienone is 2. The molecule has 0 N–H and O–H groups in total. The van der Waals surface area contributed by atoms with E-state index >= 15 is 0 Å². The van der Waals surface area contributed by atoms with Gasteiger partial charge in [0.05, 0.1) is 0 Å². The Morgan fingerprint density at radius 1 is 0.453 bits per heavy atom. The fourth-order valence-corrected chi connectivity index (χ4v) is 9.17. The molecule has 0 aromatic heterocycles. The first-order valence-electron chi connectivity index (χ1n) is 22.7. The van der Waals surface area contributed by atoms with Crippen molar-refractivity contribution in [3.8, 4) is 0 Å². The van der Waals surface area contributed by atoms with Gasteiger partial charge in [0.1, 0.15) is 0 Å². The first-order valence-corrected chi connectivity index (χ1v) is 24.9. The second kappa shape index (κ2) is 32.4. The molecule has 302 valence electrons. The van der Waals surface area contributed by atoms with Gasteiger partial charge in [-0.25, -0.2) is 4.70 Å². The van der Waals surface area contributed by atoms with Crippen LogP contribution in [0.5, 0.6) is 0 Å². The molecule has 53 heavy (non-hydrogen) atoms. The van der Waals surface area contributed by atoms with Gasteiger partial charge in [0.25, 0.3) is 0 Å². The van der Waals surface area contributed by atoms with Crippen LogP contribution in [0.2, 0.25) is 9.79 Å². The fraction of sp³-hybridized carbons (Fsp3) is 0.680. The molecule has 0 atom stereocenters. The van der Waals surface area contributed by atoms with Gasteiger partial charge in [-0.05, 0) is 73.9 Å². The second-order valence-corrected chi connectivity index (χ2v) is 17.9. The van der Waals surface area contributed by atoms with E-state index in [1.165, 1.54) is 185 Å². The molecule has 0 saturated heterocycles. The van der Waals surface area contributed by atoms with Gasteiger partial charge < -0.3 is 5.53 Å².